The van der Waals surface area contributed by atoms with Gasteiger partial charge in [0.25, 0.3) is 0 Å². The zero-order valence-corrected chi connectivity index (χ0v) is 11.8. The molecule has 4 heteroatoms. The van der Waals surface area contributed by atoms with Crippen molar-refractivity contribution in [1.82, 2.24) is 10.4 Å². The molecule has 1 heterocycles. The molecule has 0 atom stereocenters. The van der Waals surface area contributed by atoms with Crippen LogP contribution in [-0.4, -0.2) is 17.1 Å². The highest BCUT2D eigenvalue weighted by atomic mass is 16.2. The maximum Gasteiger partial charge on any atom is 0.240 e. The van der Waals surface area contributed by atoms with Crippen LogP contribution < -0.4 is 5.43 Å². The molecule has 1 aromatic rings. The van der Waals surface area contributed by atoms with E-state index in [0.29, 0.717) is 6.42 Å². The molecule has 0 spiro atoms. The summed E-state index contributed by atoms with van der Waals surface area (Å²) in [5.41, 5.74) is 3.43. The van der Waals surface area contributed by atoms with Crippen LogP contribution in [0.25, 0.3) is 0 Å². The lowest BCUT2D eigenvalue weighted by Gasteiger charge is -2.01. The SMILES string of the molecule is CCCCCCCCCC(=O)NN=Cc1ccc[nH]1. The van der Waals surface area contributed by atoms with E-state index >= 15 is 0 Å². The molecule has 0 saturated heterocycles. The van der Waals surface area contributed by atoms with E-state index in [1.165, 1.54) is 32.1 Å². The Bertz CT molecular complexity index is 357. The summed E-state index contributed by atoms with van der Waals surface area (Å²) < 4.78 is 0. The first-order valence-electron chi connectivity index (χ1n) is 7.28. The number of carbonyl (C=O) groups is 1. The van der Waals surface area contributed by atoms with Crippen molar-refractivity contribution in [2.24, 2.45) is 5.10 Å². The van der Waals surface area contributed by atoms with Crippen LogP contribution in [0.3, 0.4) is 0 Å². The summed E-state index contributed by atoms with van der Waals surface area (Å²) in [5.74, 6) is -0.00337. The van der Waals surface area contributed by atoms with Crippen molar-refractivity contribution in [2.75, 3.05) is 0 Å². The Hall–Kier alpha value is -1.58. The molecule has 4 nitrogen and oxygen atoms in total. The quantitative estimate of drug-likeness (QED) is 0.378. The number of aromatic amines is 1. The predicted molar refractivity (Wildman–Crippen MR) is 79.1 cm³/mol. The van der Waals surface area contributed by atoms with Gasteiger partial charge in [-0.2, -0.15) is 5.10 Å². The molecule has 0 bridgehead atoms. The van der Waals surface area contributed by atoms with Crippen molar-refractivity contribution in [3.05, 3.63) is 24.0 Å². The first-order chi connectivity index (χ1) is 9.33. The van der Waals surface area contributed by atoms with Gasteiger partial charge < -0.3 is 4.98 Å². The Balaban J connectivity index is 1.96. The molecule has 0 aliphatic heterocycles. The number of H-pyrrole nitrogens is 1. The Labute approximate surface area is 115 Å². The van der Waals surface area contributed by atoms with Gasteiger partial charge in [0.2, 0.25) is 5.91 Å². The summed E-state index contributed by atoms with van der Waals surface area (Å²) in [6.07, 6.45) is 12.5. The maximum absolute atomic E-state index is 11.5. The third-order valence-corrected chi connectivity index (χ3v) is 3.02. The second-order valence-corrected chi connectivity index (χ2v) is 4.79. The first kappa shape index (κ1) is 15.5. The third-order valence-electron chi connectivity index (χ3n) is 3.02. The number of amides is 1. The maximum atomic E-state index is 11.5. The molecule has 0 aliphatic rings. The molecule has 1 amide bonds. The van der Waals surface area contributed by atoms with Crippen molar-refractivity contribution in [3.63, 3.8) is 0 Å². The normalized spacial score (nSPS) is 11.0. The Morgan fingerprint density at radius 1 is 1.26 bits per heavy atom. The van der Waals surface area contributed by atoms with Crippen molar-refractivity contribution in [3.8, 4) is 0 Å². The van der Waals surface area contributed by atoms with E-state index in [9.17, 15) is 4.79 Å². The van der Waals surface area contributed by atoms with Crippen molar-refractivity contribution in [1.29, 1.82) is 0 Å². The zero-order chi connectivity index (χ0) is 13.8. The van der Waals surface area contributed by atoms with Gasteiger partial charge in [-0.15, -0.1) is 0 Å². The Morgan fingerprint density at radius 3 is 2.68 bits per heavy atom. The third kappa shape index (κ3) is 8.19. The molecule has 0 aromatic carbocycles. The molecule has 1 aromatic heterocycles. The van der Waals surface area contributed by atoms with Gasteiger partial charge in [-0.25, -0.2) is 5.43 Å². The minimum atomic E-state index is -0.00337. The van der Waals surface area contributed by atoms with Gasteiger partial charge in [-0.1, -0.05) is 45.4 Å². The number of hydrogen-bond acceptors (Lipinski definition) is 2. The molecule has 1 rings (SSSR count). The lowest BCUT2D eigenvalue weighted by molar-refractivity contribution is -0.121. The number of aromatic nitrogens is 1. The van der Waals surface area contributed by atoms with Crippen LogP contribution in [0.1, 0.15) is 64.0 Å². The number of hydrazone groups is 1. The van der Waals surface area contributed by atoms with Crippen molar-refractivity contribution < 1.29 is 4.79 Å². The Morgan fingerprint density at radius 2 is 2.00 bits per heavy atom. The van der Waals surface area contributed by atoms with Gasteiger partial charge in [0, 0.05) is 12.6 Å². The standard InChI is InChI=1S/C15H25N3O/c1-2-3-4-5-6-7-8-11-15(19)18-17-13-14-10-9-12-16-14/h9-10,12-13,16H,2-8,11H2,1H3,(H,18,19). The molecule has 19 heavy (non-hydrogen) atoms. The van der Waals surface area contributed by atoms with Crippen LogP contribution in [0.4, 0.5) is 0 Å². The van der Waals surface area contributed by atoms with E-state index in [4.69, 9.17) is 0 Å². The summed E-state index contributed by atoms with van der Waals surface area (Å²) in [7, 11) is 0. The van der Waals surface area contributed by atoms with Crippen LogP contribution in [0, 0.1) is 0 Å². The van der Waals surface area contributed by atoms with E-state index in [2.05, 4.69) is 22.4 Å². The van der Waals surface area contributed by atoms with Gasteiger partial charge in [-0.3, -0.25) is 4.79 Å². The number of carbonyl (C=O) groups excluding carboxylic acids is 1. The van der Waals surface area contributed by atoms with Gasteiger partial charge in [0.15, 0.2) is 0 Å². The molecule has 2 N–H and O–H groups in total. The van der Waals surface area contributed by atoms with Crippen LogP contribution in [-0.2, 0) is 4.79 Å². The van der Waals surface area contributed by atoms with E-state index in [0.717, 1.165) is 18.5 Å². The number of unbranched alkanes of at least 4 members (excludes halogenated alkanes) is 6. The average Bonchev–Trinajstić information content (AvgIpc) is 2.91. The number of nitrogens with zero attached hydrogens (tertiary/aromatic N) is 1. The van der Waals surface area contributed by atoms with Gasteiger partial charge in [0.05, 0.1) is 11.9 Å². The smallest absolute Gasteiger partial charge is 0.240 e. The predicted octanol–water partition coefficient (Wildman–Crippen LogP) is 3.61. The molecule has 0 radical (unpaired) electrons. The average molecular weight is 263 g/mol. The lowest BCUT2D eigenvalue weighted by Crippen LogP contribution is -2.16. The highest BCUT2D eigenvalue weighted by Gasteiger charge is 1.99. The minimum absolute atomic E-state index is 0.00337. The van der Waals surface area contributed by atoms with E-state index < -0.39 is 0 Å². The monoisotopic (exact) mass is 263 g/mol. The highest BCUT2D eigenvalue weighted by Crippen LogP contribution is 2.08. The Kier molecular flexibility index (Phi) is 8.43. The summed E-state index contributed by atoms with van der Waals surface area (Å²) in [6, 6.07) is 3.79. The zero-order valence-electron chi connectivity index (χ0n) is 11.8. The van der Waals surface area contributed by atoms with Crippen LogP contribution in [0.2, 0.25) is 0 Å². The fourth-order valence-electron chi connectivity index (χ4n) is 1.90. The first-order valence-corrected chi connectivity index (χ1v) is 7.28. The number of hydrogen-bond donors (Lipinski definition) is 2. The van der Waals surface area contributed by atoms with Crippen molar-refractivity contribution >= 4 is 12.1 Å². The van der Waals surface area contributed by atoms with E-state index in [1.54, 1.807) is 6.21 Å². The van der Waals surface area contributed by atoms with Gasteiger partial charge in [0.1, 0.15) is 0 Å². The molecule has 0 fully saturated rings. The largest absolute Gasteiger partial charge is 0.360 e. The molecular weight excluding hydrogens is 238 g/mol. The second kappa shape index (κ2) is 10.4. The number of nitrogens with one attached hydrogen (secondary N) is 2. The molecule has 106 valence electrons. The fraction of sp³-hybridized carbons (Fsp3) is 0.600. The molecule has 0 unspecified atom stereocenters. The van der Waals surface area contributed by atoms with Crippen LogP contribution >= 0.6 is 0 Å². The number of rotatable bonds is 10. The molecule has 0 aliphatic carbocycles. The van der Waals surface area contributed by atoms with Crippen LogP contribution in [0.5, 0.6) is 0 Å². The topological polar surface area (TPSA) is 57.2 Å². The lowest BCUT2D eigenvalue weighted by atomic mass is 10.1. The fourth-order valence-corrected chi connectivity index (χ4v) is 1.90. The van der Waals surface area contributed by atoms with E-state index in [-0.39, 0.29) is 5.91 Å². The molecule has 0 saturated carbocycles. The molecular formula is C15H25N3O. The van der Waals surface area contributed by atoms with Crippen LogP contribution in [0.15, 0.2) is 23.4 Å². The summed E-state index contributed by atoms with van der Waals surface area (Å²) in [6.45, 7) is 2.22. The van der Waals surface area contributed by atoms with E-state index in [1.807, 2.05) is 18.3 Å². The second-order valence-electron chi connectivity index (χ2n) is 4.79. The summed E-state index contributed by atoms with van der Waals surface area (Å²) >= 11 is 0. The highest BCUT2D eigenvalue weighted by molar-refractivity contribution is 5.80. The summed E-state index contributed by atoms with van der Waals surface area (Å²) in [4.78, 5) is 14.5. The van der Waals surface area contributed by atoms with Gasteiger partial charge in [-0.05, 0) is 18.6 Å². The minimum Gasteiger partial charge on any atom is -0.360 e. The van der Waals surface area contributed by atoms with Crippen molar-refractivity contribution in [2.45, 2.75) is 58.3 Å². The van der Waals surface area contributed by atoms with Gasteiger partial charge >= 0.3 is 0 Å². The summed E-state index contributed by atoms with van der Waals surface area (Å²) in [5, 5.41) is 3.90.